The number of aromatic nitrogens is 2. The fourth-order valence-electron chi connectivity index (χ4n) is 7.87. The number of piperidine rings is 1. The topological polar surface area (TPSA) is 105 Å². The smallest absolute Gasteiger partial charge is 0.416 e. The number of hydrogen-bond acceptors (Lipinski definition) is 5. The molecular weight excluding hydrogens is 618 g/mol. The number of alkyl halides is 3. The summed E-state index contributed by atoms with van der Waals surface area (Å²) in [6.07, 6.45) is -3.08. The molecule has 47 heavy (non-hydrogen) atoms. The minimum atomic E-state index is -4.54. The zero-order valence-corrected chi connectivity index (χ0v) is 26.9. The van der Waals surface area contributed by atoms with Crippen LogP contribution < -0.4 is 5.32 Å². The van der Waals surface area contributed by atoms with Gasteiger partial charge in [-0.3, -0.25) is 14.5 Å². The number of carbonyl (C=O) groups excluding carboxylic acids is 2. The number of rotatable bonds is 7. The Hall–Kier alpha value is -4.10. The van der Waals surface area contributed by atoms with E-state index in [-0.39, 0.29) is 45.7 Å². The molecule has 2 aromatic carbocycles. The van der Waals surface area contributed by atoms with Crippen molar-refractivity contribution in [2.75, 3.05) is 20.1 Å². The number of quaternary nitrogens is 1. The number of aryl methyl sites for hydroxylation is 3. The van der Waals surface area contributed by atoms with E-state index in [1.165, 1.54) is 19.1 Å². The maximum atomic E-state index is 16.1. The first-order valence-corrected chi connectivity index (χ1v) is 15.7. The summed E-state index contributed by atoms with van der Waals surface area (Å²) in [7, 11) is 1.96. The molecule has 0 aliphatic carbocycles. The number of carboxylic acids is 1. The maximum Gasteiger partial charge on any atom is 0.416 e. The van der Waals surface area contributed by atoms with E-state index >= 15 is 4.39 Å². The van der Waals surface area contributed by atoms with Crippen molar-refractivity contribution in [3.63, 3.8) is 0 Å². The van der Waals surface area contributed by atoms with E-state index in [0.29, 0.717) is 41.8 Å². The third-order valence-electron chi connectivity index (χ3n) is 10.2. The first-order chi connectivity index (χ1) is 22.0. The monoisotopic (exact) mass is 656 g/mol. The molecule has 6 rings (SSSR count). The van der Waals surface area contributed by atoms with Crippen LogP contribution in [0.2, 0.25) is 0 Å². The molecule has 9 nitrogen and oxygen atoms in total. The van der Waals surface area contributed by atoms with Crippen molar-refractivity contribution in [2.45, 2.75) is 77.9 Å². The summed E-state index contributed by atoms with van der Waals surface area (Å²) in [4.78, 5) is 46.6. The lowest BCUT2D eigenvalue weighted by molar-refractivity contribution is -0.777. The lowest BCUT2D eigenvalue weighted by Gasteiger charge is -2.36. The van der Waals surface area contributed by atoms with E-state index in [1.54, 1.807) is 20.0 Å². The number of aliphatic carboxylic acids is 1. The number of carboxylic acid groups (broad SMARTS) is 1. The predicted octanol–water partition coefficient (Wildman–Crippen LogP) is 5.16. The first kappa shape index (κ1) is 32.8. The molecule has 0 saturated carbocycles. The molecule has 0 spiro atoms. The molecule has 3 aliphatic rings. The summed E-state index contributed by atoms with van der Waals surface area (Å²) in [5, 5.41) is 12.9. The van der Waals surface area contributed by atoms with Gasteiger partial charge < -0.3 is 15.0 Å². The zero-order chi connectivity index (χ0) is 34.2. The second-order valence-corrected chi connectivity index (χ2v) is 13.5. The Balaban J connectivity index is 1.37. The molecule has 250 valence electrons. The number of imidazole rings is 1. The van der Waals surface area contributed by atoms with Gasteiger partial charge in [0.1, 0.15) is 48.4 Å². The Bertz CT molecular complexity index is 1780. The molecule has 0 bridgehead atoms. The molecule has 2 saturated heterocycles. The van der Waals surface area contributed by atoms with Crippen molar-refractivity contribution in [3.8, 4) is 11.1 Å². The Morgan fingerprint density at radius 3 is 2.43 bits per heavy atom. The maximum absolute atomic E-state index is 16.1. The van der Waals surface area contributed by atoms with Crippen LogP contribution in [0.1, 0.15) is 69.9 Å². The van der Waals surface area contributed by atoms with Crippen LogP contribution in [0.4, 0.5) is 17.6 Å². The third kappa shape index (κ3) is 5.73. The minimum absolute atomic E-state index is 0.0158. The standard InChI is InChI=1S/C34H37F4N5O4/c1-17-11-24(40-32(46)25-14-42-7-6-41(5)15-28(42)39-25)33(47)43(16-27(17)43)26(13-29(44)45)23-12-21(8-20(4)31(23)35)30-18(2)9-22(10-19(30)3)34(36,37)38/h8-10,12,14,17,24,26-27H,6-7,11,13,15-16H2,1-5H3,(H-,40,44,45,46)/p+1/t17?,24-,26-,27?,43?/m0/s1. The van der Waals surface area contributed by atoms with Gasteiger partial charge in [-0.05, 0) is 86.3 Å². The van der Waals surface area contributed by atoms with E-state index in [9.17, 15) is 32.7 Å². The molecule has 4 heterocycles. The van der Waals surface area contributed by atoms with Gasteiger partial charge in [-0.15, -0.1) is 0 Å². The van der Waals surface area contributed by atoms with Gasteiger partial charge >= 0.3 is 18.1 Å². The van der Waals surface area contributed by atoms with Crippen LogP contribution in [0.15, 0.2) is 30.5 Å². The number of halogens is 4. The van der Waals surface area contributed by atoms with Crippen LogP contribution in [0, 0.1) is 32.5 Å². The van der Waals surface area contributed by atoms with Gasteiger partial charge in [-0.2, -0.15) is 13.2 Å². The summed E-state index contributed by atoms with van der Waals surface area (Å²) >= 11 is 0. The van der Waals surface area contributed by atoms with Crippen molar-refractivity contribution in [1.29, 1.82) is 0 Å². The Morgan fingerprint density at radius 2 is 1.79 bits per heavy atom. The highest BCUT2D eigenvalue weighted by Crippen LogP contribution is 2.53. The number of benzene rings is 2. The summed E-state index contributed by atoms with van der Waals surface area (Å²) in [5.74, 6) is -2.14. The summed E-state index contributed by atoms with van der Waals surface area (Å²) in [5.41, 5.74) is 1.17. The highest BCUT2D eigenvalue weighted by atomic mass is 19.4. The number of amides is 2. The average Bonchev–Trinajstić information content (AvgIpc) is 3.61. The molecular formula is C34H38F4N5O4+. The number of hydrogen-bond donors (Lipinski definition) is 2. The van der Waals surface area contributed by atoms with Gasteiger partial charge in [-0.1, -0.05) is 6.92 Å². The van der Waals surface area contributed by atoms with E-state index in [4.69, 9.17) is 0 Å². The van der Waals surface area contributed by atoms with Crippen molar-refractivity contribution >= 4 is 17.8 Å². The normalized spacial score (nSPS) is 24.8. The zero-order valence-electron chi connectivity index (χ0n) is 26.9. The lowest BCUT2D eigenvalue weighted by Crippen LogP contribution is -2.57. The minimum Gasteiger partial charge on any atom is -0.481 e. The molecule has 0 radical (unpaired) electrons. The Morgan fingerprint density at radius 1 is 1.11 bits per heavy atom. The van der Waals surface area contributed by atoms with Gasteiger partial charge in [0.2, 0.25) is 0 Å². The molecule has 3 aromatic rings. The van der Waals surface area contributed by atoms with Gasteiger partial charge in [0.25, 0.3) is 5.91 Å². The van der Waals surface area contributed by atoms with E-state index < -0.39 is 47.9 Å². The fourth-order valence-corrected chi connectivity index (χ4v) is 7.87. The van der Waals surface area contributed by atoms with Crippen LogP contribution >= 0.6 is 0 Å². The highest BCUT2D eigenvalue weighted by molar-refractivity contribution is 5.95. The number of likely N-dealkylation sites (N-methyl/N-ethyl adjacent to an activating group) is 1. The van der Waals surface area contributed by atoms with Crippen LogP contribution in [0.5, 0.6) is 0 Å². The third-order valence-corrected chi connectivity index (χ3v) is 10.2. The van der Waals surface area contributed by atoms with Gasteiger partial charge in [0, 0.05) is 30.8 Å². The molecule has 2 fully saturated rings. The van der Waals surface area contributed by atoms with E-state index in [2.05, 4.69) is 15.2 Å². The molecule has 13 heteroatoms. The van der Waals surface area contributed by atoms with Gasteiger partial charge in [0.05, 0.1) is 12.1 Å². The Labute approximate surface area is 269 Å². The number of carbonyl (C=O) groups is 3. The predicted molar refractivity (Wildman–Crippen MR) is 164 cm³/mol. The second-order valence-electron chi connectivity index (χ2n) is 13.5. The molecule has 1 aromatic heterocycles. The largest absolute Gasteiger partial charge is 0.481 e. The van der Waals surface area contributed by atoms with Crippen molar-refractivity contribution in [3.05, 3.63) is 75.6 Å². The van der Waals surface area contributed by atoms with Crippen LogP contribution in [-0.2, 0) is 28.9 Å². The van der Waals surface area contributed by atoms with Crippen molar-refractivity contribution in [2.24, 2.45) is 5.92 Å². The molecule has 2 N–H and O–H groups in total. The van der Waals surface area contributed by atoms with Crippen LogP contribution in [-0.4, -0.2) is 74.0 Å². The lowest BCUT2D eigenvalue weighted by atomic mass is 9.87. The second kappa shape index (κ2) is 11.6. The van der Waals surface area contributed by atoms with Crippen LogP contribution in [0.3, 0.4) is 0 Å². The quantitative estimate of drug-likeness (QED) is 0.207. The van der Waals surface area contributed by atoms with Crippen molar-refractivity contribution in [1.82, 2.24) is 19.8 Å². The summed E-state index contributed by atoms with van der Waals surface area (Å²) in [6.45, 7) is 8.91. The van der Waals surface area contributed by atoms with Crippen molar-refractivity contribution < 1.29 is 41.5 Å². The summed E-state index contributed by atoms with van der Waals surface area (Å²) in [6, 6.07) is 2.76. The average molecular weight is 657 g/mol. The molecule has 3 unspecified atom stereocenters. The molecule has 5 atom stereocenters. The number of fused-ring (bicyclic) bond motifs is 2. The first-order valence-electron chi connectivity index (χ1n) is 15.7. The van der Waals surface area contributed by atoms with E-state index in [0.717, 1.165) is 24.5 Å². The molecule has 2 amide bonds. The Kier molecular flexibility index (Phi) is 8.07. The highest BCUT2D eigenvalue weighted by Gasteiger charge is 2.72. The SMILES string of the molecule is Cc1cc(-c2c(C)cc(C(F)(F)F)cc2C)cc([C@H](CC(=O)O)[N+]23CC2C(C)C[C@H](NC(=O)c2cn4c(n2)CN(C)CC4)C3=O)c1F. The summed E-state index contributed by atoms with van der Waals surface area (Å²) < 4.78 is 58.2. The van der Waals surface area contributed by atoms with Gasteiger partial charge in [-0.25, -0.2) is 18.7 Å². The fraction of sp³-hybridized carbons (Fsp3) is 0.471. The number of nitrogens with one attached hydrogen (secondary N) is 1. The molecule has 3 aliphatic heterocycles. The number of nitrogens with zero attached hydrogens (tertiary/aromatic N) is 4. The van der Waals surface area contributed by atoms with E-state index in [1.807, 2.05) is 18.5 Å². The van der Waals surface area contributed by atoms with Crippen LogP contribution in [0.25, 0.3) is 11.1 Å². The van der Waals surface area contributed by atoms with Gasteiger partial charge in [0.15, 0.2) is 0 Å².